The van der Waals surface area contributed by atoms with Gasteiger partial charge in [-0.05, 0) is 41.5 Å². The number of amides is 2. The number of benzene rings is 2. The summed E-state index contributed by atoms with van der Waals surface area (Å²) in [5.74, 6) is -1.59. The Morgan fingerprint density at radius 2 is 1.59 bits per heavy atom. The van der Waals surface area contributed by atoms with Crippen LogP contribution in [-0.4, -0.2) is 42.3 Å². The molecule has 2 aromatic carbocycles. The summed E-state index contributed by atoms with van der Waals surface area (Å²) in [6.45, 7) is 1.78. The first kappa shape index (κ1) is 23.8. The van der Waals surface area contributed by atoms with Crippen molar-refractivity contribution in [2.75, 3.05) is 13.2 Å². The fourth-order valence-corrected chi connectivity index (χ4v) is 5.18. The van der Waals surface area contributed by atoms with Gasteiger partial charge in [-0.15, -0.1) is 0 Å². The summed E-state index contributed by atoms with van der Waals surface area (Å²) >= 11 is 0. The summed E-state index contributed by atoms with van der Waals surface area (Å²) in [6.07, 6.45) is 4.29. The average Bonchev–Trinajstić information content (AvgIpc) is 3.46. The lowest BCUT2D eigenvalue weighted by Crippen LogP contribution is -2.47. The van der Waals surface area contributed by atoms with Crippen LogP contribution in [0.15, 0.2) is 48.5 Å². The second-order valence-electron chi connectivity index (χ2n) is 9.36. The molecule has 7 nitrogen and oxygen atoms in total. The van der Waals surface area contributed by atoms with Gasteiger partial charge in [0.1, 0.15) is 12.6 Å². The first-order valence-electron chi connectivity index (χ1n) is 12.1. The third-order valence-electron chi connectivity index (χ3n) is 7.04. The molecule has 4 rings (SSSR count). The molecule has 0 aliphatic heterocycles. The second-order valence-corrected chi connectivity index (χ2v) is 9.36. The minimum atomic E-state index is -0.899. The Kier molecular flexibility index (Phi) is 7.50. The Balaban J connectivity index is 1.27. The molecule has 1 saturated carbocycles. The zero-order chi connectivity index (χ0) is 24.1. The maximum atomic E-state index is 12.5. The van der Waals surface area contributed by atoms with Crippen molar-refractivity contribution in [2.24, 2.45) is 11.8 Å². The molecule has 0 saturated heterocycles. The maximum absolute atomic E-state index is 12.5. The van der Waals surface area contributed by atoms with Crippen molar-refractivity contribution >= 4 is 18.0 Å². The number of nitrogens with one attached hydrogen (secondary N) is 2. The summed E-state index contributed by atoms with van der Waals surface area (Å²) in [6, 6.07) is 15.3. The Morgan fingerprint density at radius 1 is 1.00 bits per heavy atom. The van der Waals surface area contributed by atoms with Crippen LogP contribution in [0.1, 0.15) is 56.1 Å². The van der Waals surface area contributed by atoms with Gasteiger partial charge in [-0.2, -0.15) is 0 Å². The van der Waals surface area contributed by atoms with Crippen molar-refractivity contribution in [1.29, 1.82) is 0 Å². The molecule has 1 fully saturated rings. The maximum Gasteiger partial charge on any atom is 0.407 e. The number of carbonyl (C=O) groups excluding carboxylic acids is 2. The molecule has 3 N–H and O–H groups in total. The highest BCUT2D eigenvalue weighted by atomic mass is 16.5. The molecule has 180 valence electrons. The minimum absolute atomic E-state index is 0.0569. The van der Waals surface area contributed by atoms with Crippen LogP contribution in [0, 0.1) is 11.8 Å². The molecule has 2 aromatic rings. The monoisotopic (exact) mass is 464 g/mol. The normalized spacial score (nSPS) is 16.9. The van der Waals surface area contributed by atoms with E-state index in [4.69, 9.17) is 4.74 Å². The van der Waals surface area contributed by atoms with Crippen LogP contribution in [0.2, 0.25) is 0 Å². The number of ether oxygens (including phenoxy) is 1. The molecule has 7 heteroatoms. The van der Waals surface area contributed by atoms with Crippen molar-refractivity contribution in [1.82, 2.24) is 10.6 Å². The number of carboxylic acids is 1. The van der Waals surface area contributed by atoms with Crippen LogP contribution < -0.4 is 10.6 Å². The highest BCUT2D eigenvalue weighted by Crippen LogP contribution is 2.44. The molecule has 0 radical (unpaired) electrons. The quantitative estimate of drug-likeness (QED) is 0.513. The van der Waals surface area contributed by atoms with Gasteiger partial charge in [0.05, 0.1) is 5.92 Å². The molecule has 2 aliphatic carbocycles. The SMILES string of the molecule is C[C@H](NC(=O)OCC1c2ccccc2-c2ccccc21)C(=O)NCC(CC1CCCC1)C(=O)O. The molecule has 0 spiro atoms. The van der Waals surface area contributed by atoms with Crippen molar-refractivity contribution in [3.8, 4) is 11.1 Å². The number of rotatable bonds is 9. The molecule has 2 amide bonds. The van der Waals surface area contributed by atoms with Crippen LogP contribution in [0.3, 0.4) is 0 Å². The van der Waals surface area contributed by atoms with Gasteiger partial charge >= 0.3 is 12.1 Å². The summed E-state index contributed by atoms with van der Waals surface area (Å²) in [5, 5.41) is 14.7. The minimum Gasteiger partial charge on any atom is -0.481 e. The topological polar surface area (TPSA) is 105 Å². The lowest BCUT2D eigenvalue weighted by Gasteiger charge is -2.20. The van der Waals surface area contributed by atoms with E-state index in [1.54, 1.807) is 6.92 Å². The number of carboxylic acid groups (broad SMARTS) is 1. The zero-order valence-electron chi connectivity index (χ0n) is 19.5. The first-order valence-corrected chi connectivity index (χ1v) is 12.1. The van der Waals surface area contributed by atoms with Crippen LogP contribution in [-0.2, 0) is 14.3 Å². The van der Waals surface area contributed by atoms with Gasteiger partial charge in [-0.25, -0.2) is 4.79 Å². The molecule has 0 heterocycles. The largest absolute Gasteiger partial charge is 0.481 e. The van der Waals surface area contributed by atoms with Gasteiger partial charge in [0.2, 0.25) is 5.91 Å². The third-order valence-corrected chi connectivity index (χ3v) is 7.04. The number of hydrogen-bond donors (Lipinski definition) is 3. The standard InChI is InChI=1S/C27H32N2O5/c1-17(25(30)28-15-19(26(31)32)14-18-8-2-3-9-18)29-27(33)34-16-24-22-12-6-4-10-20(22)21-11-5-7-13-23(21)24/h4-7,10-13,17-19,24H,2-3,8-9,14-16H2,1H3,(H,28,30)(H,29,33)(H,31,32)/t17-,19?/m0/s1. The van der Waals surface area contributed by atoms with Gasteiger partial charge < -0.3 is 20.5 Å². The van der Waals surface area contributed by atoms with Gasteiger partial charge in [-0.3, -0.25) is 9.59 Å². The van der Waals surface area contributed by atoms with E-state index in [9.17, 15) is 19.5 Å². The van der Waals surface area contributed by atoms with E-state index in [0.29, 0.717) is 12.3 Å². The average molecular weight is 465 g/mol. The van der Waals surface area contributed by atoms with Gasteiger partial charge in [0, 0.05) is 12.5 Å². The lowest BCUT2D eigenvalue weighted by atomic mass is 9.93. The van der Waals surface area contributed by atoms with E-state index in [0.717, 1.165) is 47.9 Å². The lowest BCUT2D eigenvalue weighted by molar-refractivity contribution is -0.142. The molecular weight excluding hydrogens is 432 g/mol. The molecule has 1 unspecified atom stereocenters. The smallest absolute Gasteiger partial charge is 0.407 e. The molecule has 2 atom stereocenters. The molecule has 2 aliphatic rings. The number of carbonyl (C=O) groups is 3. The number of aliphatic carboxylic acids is 1. The zero-order valence-corrected chi connectivity index (χ0v) is 19.5. The fraction of sp³-hybridized carbons (Fsp3) is 0.444. The molecular formula is C27H32N2O5. The first-order chi connectivity index (χ1) is 16.4. The number of fused-ring (bicyclic) bond motifs is 3. The van der Waals surface area contributed by atoms with Gasteiger partial charge in [0.15, 0.2) is 0 Å². The van der Waals surface area contributed by atoms with Crippen molar-refractivity contribution in [3.63, 3.8) is 0 Å². The van der Waals surface area contributed by atoms with Crippen molar-refractivity contribution in [3.05, 3.63) is 59.7 Å². The predicted octanol–water partition coefficient (Wildman–Crippen LogP) is 4.31. The van der Waals surface area contributed by atoms with Crippen molar-refractivity contribution in [2.45, 2.75) is 51.0 Å². The van der Waals surface area contributed by atoms with Crippen LogP contribution in [0.5, 0.6) is 0 Å². The van der Waals surface area contributed by atoms with Crippen LogP contribution >= 0.6 is 0 Å². The molecule has 0 aromatic heterocycles. The summed E-state index contributed by atoms with van der Waals surface area (Å²) in [4.78, 5) is 36.5. The van der Waals surface area contributed by atoms with Crippen LogP contribution in [0.4, 0.5) is 4.79 Å². The summed E-state index contributed by atoms with van der Waals surface area (Å²) < 4.78 is 5.49. The third kappa shape index (κ3) is 5.41. The van der Waals surface area contributed by atoms with E-state index < -0.39 is 29.9 Å². The Labute approximate surface area is 199 Å². The Bertz CT molecular complexity index is 1000. The van der Waals surface area contributed by atoms with Gasteiger partial charge in [-0.1, -0.05) is 74.2 Å². The second kappa shape index (κ2) is 10.7. The predicted molar refractivity (Wildman–Crippen MR) is 128 cm³/mol. The molecule has 34 heavy (non-hydrogen) atoms. The van der Waals surface area contributed by atoms with E-state index in [1.165, 1.54) is 0 Å². The summed E-state index contributed by atoms with van der Waals surface area (Å²) in [7, 11) is 0. The van der Waals surface area contributed by atoms with E-state index >= 15 is 0 Å². The van der Waals surface area contributed by atoms with Crippen molar-refractivity contribution < 1.29 is 24.2 Å². The van der Waals surface area contributed by atoms with Crippen LogP contribution in [0.25, 0.3) is 11.1 Å². The number of hydrogen-bond acceptors (Lipinski definition) is 4. The van der Waals surface area contributed by atoms with E-state index in [1.807, 2.05) is 36.4 Å². The Morgan fingerprint density at radius 3 is 2.18 bits per heavy atom. The number of alkyl carbamates (subject to hydrolysis) is 1. The fourth-order valence-electron chi connectivity index (χ4n) is 5.18. The van der Waals surface area contributed by atoms with E-state index in [-0.39, 0.29) is 19.1 Å². The van der Waals surface area contributed by atoms with Gasteiger partial charge in [0.25, 0.3) is 0 Å². The highest BCUT2D eigenvalue weighted by molar-refractivity contribution is 5.85. The van der Waals surface area contributed by atoms with E-state index in [2.05, 4.69) is 22.8 Å². The Hall–Kier alpha value is -3.35. The summed E-state index contributed by atoms with van der Waals surface area (Å²) in [5.41, 5.74) is 4.52. The molecule has 0 bridgehead atoms. The highest BCUT2D eigenvalue weighted by Gasteiger charge is 2.30.